The second kappa shape index (κ2) is 4.00. The summed E-state index contributed by atoms with van der Waals surface area (Å²) in [5.74, 6) is -0.945. The summed E-state index contributed by atoms with van der Waals surface area (Å²) in [6.45, 7) is -0.176. The Morgan fingerprint density at radius 2 is 2.31 bits per heavy atom. The van der Waals surface area contributed by atoms with Gasteiger partial charge in [-0.05, 0) is 18.2 Å². The van der Waals surface area contributed by atoms with Crippen LogP contribution in [-0.4, -0.2) is 17.6 Å². The predicted molar refractivity (Wildman–Crippen MR) is 52.0 cm³/mol. The van der Waals surface area contributed by atoms with Gasteiger partial charge in [0, 0.05) is 5.02 Å². The molecule has 4 N–H and O–H groups in total. The molecule has 0 aromatic heterocycles. The first-order valence-electron chi connectivity index (χ1n) is 3.60. The van der Waals surface area contributed by atoms with Crippen LogP contribution in [0.5, 0.6) is 0 Å². The van der Waals surface area contributed by atoms with Gasteiger partial charge in [-0.25, -0.2) is 0 Å². The van der Waals surface area contributed by atoms with Gasteiger partial charge in [-0.1, -0.05) is 11.6 Å². The number of halogens is 1. The summed E-state index contributed by atoms with van der Waals surface area (Å²) >= 11 is 5.69. The van der Waals surface area contributed by atoms with Gasteiger partial charge in [0.05, 0.1) is 11.4 Å². The van der Waals surface area contributed by atoms with Gasteiger partial charge in [-0.3, -0.25) is 4.79 Å². The maximum absolute atomic E-state index is 10.2. The molecule has 70 valence electrons. The number of anilines is 2. The van der Waals surface area contributed by atoms with Gasteiger partial charge in [0.1, 0.15) is 6.54 Å². The number of rotatable bonds is 3. The molecule has 0 saturated carbocycles. The van der Waals surface area contributed by atoms with E-state index in [1.165, 1.54) is 0 Å². The van der Waals surface area contributed by atoms with Gasteiger partial charge in [0.15, 0.2) is 0 Å². The first kappa shape index (κ1) is 9.67. The number of nitrogens with one attached hydrogen (secondary N) is 1. The fourth-order valence-corrected chi connectivity index (χ4v) is 1.02. The molecule has 1 rings (SSSR count). The molecule has 0 atom stereocenters. The third-order valence-corrected chi connectivity index (χ3v) is 1.68. The van der Waals surface area contributed by atoms with Crippen molar-refractivity contribution < 1.29 is 9.90 Å². The van der Waals surface area contributed by atoms with Crippen molar-refractivity contribution in [1.82, 2.24) is 0 Å². The molecule has 0 unspecified atom stereocenters. The zero-order valence-electron chi connectivity index (χ0n) is 6.75. The lowest BCUT2D eigenvalue weighted by molar-refractivity contribution is -0.134. The van der Waals surface area contributed by atoms with Gasteiger partial charge >= 0.3 is 5.97 Å². The van der Waals surface area contributed by atoms with Crippen molar-refractivity contribution in [3.8, 4) is 0 Å². The van der Waals surface area contributed by atoms with Crippen LogP contribution in [0.1, 0.15) is 0 Å². The molecule has 1 aromatic carbocycles. The molecule has 0 heterocycles. The minimum Gasteiger partial charge on any atom is -0.480 e. The summed E-state index contributed by atoms with van der Waals surface area (Å²) in [4.78, 5) is 10.2. The van der Waals surface area contributed by atoms with Crippen molar-refractivity contribution in [2.45, 2.75) is 0 Å². The number of nitrogens with two attached hydrogens (primary N) is 1. The van der Waals surface area contributed by atoms with Gasteiger partial charge in [0.2, 0.25) is 0 Å². The number of nitrogen functional groups attached to an aromatic ring is 1. The molecular weight excluding hydrogens is 192 g/mol. The van der Waals surface area contributed by atoms with E-state index in [-0.39, 0.29) is 6.54 Å². The fraction of sp³-hybridized carbons (Fsp3) is 0.125. The third-order valence-electron chi connectivity index (χ3n) is 1.45. The standard InChI is InChI=1S/C8H9ClN2O2/c9-5-1-2-6(10)7(3-5)11-4-8(12)13/h1-3,11H,4,10H2,(H,12,13). The van der Waals surface area contributed by atoms with Crippen LogP contribution in [0.2, 0.25) is 5.02 Å². The highest BCUT2D eigenvalue weighted by molar-refractivity contribution is 6.31. The van der Waals surface area contributed by atoms with Gasteiger partial charge < -0.3 is 16.2 Å². The van der Waals surface area contributed by atoms with E-state index in [0.29, 0.717) is 16.4 Å². The summed E-state index contributed by atoms with van der Waals surface area (Å²) < 4.78 is 0. The highest BCUT2D eigenvalue weighted by Gasteiger charge is 2.01. The van der Waals surface area contributed by atoms with Crippen molar-refractivity contribution in [2.75, 3.05) is 17.6 Å². The molecule has 13 heavy (non-hydrogen) atoms. The van der Waals surface area contributed by atoms with Crippen molar-refractivity contribution in [3.63, 3.8) is 0 Å². The predicted octanol–water partition coefficient (Wildman–Crippen LogP) is 1.42. The van der Waals surface area contributed by atoms with Gasteiger partial charge in [0.25, 0.3) is 0 Å². The van der Waals surface area contributed by atoms with E-state index in [4.69, 9.17) is 22.4 Å². The Kier molecular flexibility index (Phi) is 2.97. The number of carboxylic acid groups (broad SMARTS) is 1. The molecule has 0 bridgehead atoms. The molecule has 5 heteroatoms. The second-order valence-corrected chi connectivity index (χ2v) is 2.92. The molecule has 0 fully saturated rings. The van der Waals surface area contributed by atoms with Crippen molar-refractivity contribution in [2.24, 2.45) is 0 Å². The lowest BCUT2D eigenvalue weighted by Crippen LogP contribution is -2.13. The Bertz CT molecular complexity index is 328. The SMILES string of the molecule is Nc1ccc(Cl)cc1NCC(=O)O. The van der Waals surface area contributed by atoms with Crippen molar-refractivity contribution in [1.29, 1.82) is 0 Å². The Labute approximate surface area is 80.3 Å². The molecule has 0 aliphatic heterocycles. The molecule has 1 aromatic rings. The minimum atomic E-state index is -0.945. The van der Waals surface area contributed by atoms with Crippen LogP contribution in [0.25, 0.3) is 0 Å². The molecular formula is C8H9ClN2O2. The Hall–Kier alpha value is -1.42. The Morgan fingerprint density at radius 1 is 1.62 bits per heavy atom. The average molecular weight is 201 g/mol. The lowest BCUT2D eigenvalue weighted by atomic mass is 10.2. The second-order valence-electron chi connectivity index (χ2n) is 2.48. The average Bonchev–Trinajstić information content (AvgIpc) is 2.06. The molecule has 0 aliphatic rings. The van der Waals surface area contributed by atoms with Crippen LogP contribution in [0.15, 0.2) is 18.2 Å². The normalized spacial score (nSPS) is 9.62. The zero-order valence-corrected chi connectivity index (χ0v) is 7.51. The van der Waals surface area contributed by atoms with Crippen molar-refractivity contribution in [3.05, 3.63) is 23.2 Å². The third kappa shape index (κ3) is 2.83. The summed E-state index contributed by atoms with van der Waals surface area (Å²) in [6, 6.07) is 4.84. The highest BCUT2D eigenvalue weighted by Crippen LogP contribution is 2.22. The topological polar surface area (TPSA) is 75.3 Å². The quantitative estimate of drug-likeness (QED) is 0.645. The molecule has 0 aliphatic carbocycles. The van der Waals surface area contributed by atoms with Gasteiger partial charge in [-0.15, -0.1) is 0 Å². The molecule has 4 nitrogen and oxygen atoms in total. The van der Waals surface area contributed by atoms with Gasteiger partial charge in [-0.2, -0.15) is 0 Å². The van der Waals surface area contributed by atoms with Crippen LogP contribution in [-0.2, 0) is 4.79 Å². The van der Waals surface area contributed by atoms with Crippen LogP contribution in [0, 0.1) is 0 Å². The largest absolute Gasteiger partial charge is 0.480 e. The number of carbonyl (C=O) groups is 1. The van der Waals surface area contributed by atoms with Crippen LogP contribution in [0.4, 0.5) is 11.4 Å². The molecule has 0 amide bonds. The minimum absolute atomic E-state index is 0.176. The monoisotopic (exact) mass is 200 g/mol. The first-order valence-corrected chi connectivity index (χ1v) is 3.98. The highest BCUT2D eigenvalue weighted by atomic mass is 35.5. The van der Waals surface area contributed by atoms with Crippen LogP contribution < -0.4 is 11.1 Å². The number of aliphatic carboxylic acids is 1. The molecule has 0 spiro atoms. The fourth-order valence-electron chi connectivity index (χ4n) is 0.852. The smallest absolute Gasteiger partial charge is 0.322 e. The molecule has 0 saturated heterocycles. The lowest BCUT2D eigenvalue weighted by Gasteiger charge is -2.06. The zero-order chi connectivity index (χ0) is 9.84. The maximum Gasteiger partial charge on any atom is 0.322 e. The summed E-state index contributed by atoms with van der Waals surface area (Å²) in [6.07, 6.45) is 0. The summed E-state index contributed by atoms with van der Waals surface area (Å²) in [5.41, 5.74) is 6.58. The van der Waals surface area contributed by atoms with E-state index in [1.54, 1.807) is 18.2 Å². The number of hydrogen-bond acceptors (Lipinski definition) is 3. The van der Waals surface area contributed by atoms with E-state index in [1.807, 2.05) is 0 Å². The number of benzene rings is 1. The summed E-state index contributed by atoms with van der Waals surface area (Å²) in [7, 11) is 0. The van der Waals surface area contributed by atoms with E-state index >= 15 is 0 Å². The number of hydrogen-bond donors (Lipinski definition) is 3. The first-order chi connectivity index (χ1) is 6.09. The maximum atomic E-state index is 10.2. The van der Waals surface area contributed by atoms with E-state index in [9.17, 15) is 4.79 Å². The Balaban J connectivity index is 2.75. The van der Waals surface area contributed by atoms with Crippen LogP contribution >= 0.6 is 11.6 Å². The van der Waals surface area contributed by atoms with E-state index in [2.05, 4.69) is 5.32 Å². The molecule has 0 radical (unpaired) electrons. The van der Waals surface area contributed by atoms with Crippen molar-refractivity contribution >= 4 is 28.9 Å². The van der Waals surface area contributed by atoms with E-state index < -0.39 is 5.97 Å². The number of carboxylic acids is 1. The Morgan fingerprint density at radius 3 is 2.92 bits per heavy atom. The van der Waals surface area contributed by atoms with E-state index in [0.717, 1.165) is 0 Å². The summed E-state index contributed by atoms with van der Waals surface area (Å²) in [5, 5.41) is 11.6. The van der Waals surface area contributed by atoms with Crippen LogP contribution in [0.3, 0.4) is 0 Å².